The maximum absolute atomic E-state index is 13.4. The number of benzene rings is 1. The molecule has 1 atom stereocenters. The number of hydrogen-bond donors (Lipinski definition) is 0. The van der Waals surface area contributed by atoms with Crippen LogP contribution < -0.4 is 0 Å². The molecule has 1 saturated carbocycles. The van der Waals surface area contributed by atoms with Crippen molar-refractivity contribution < 1.29 is 14.1 Å². The van der Waals surface area contributed by atoms with Gasteiger partial charge in [0.1, 0.15) is 5.69 Å². The normalized spacial score (nSPS) is 23.1. The van der Waals surface area contributed by atoms with Gasteiger partial charge in [-0.05, 0) is 50.0 Å². The van der Waals surface area contributed by atoms with Crippen molar-refractivity contribution in [3.8, 4) is 11.5 Å². The molecule has 2 aliphatic heterocycles. The molecule has 3 fully saturated rings. The van der Waals surface area contributed by atoms with E-state index in [1.54, 1.807) is 18.6 Å². The molecule has 8 heteroatoms. The van der Waals surface area contributed by atoms with Crippen molar-refractivity contribution in [3.05, 3.63) is 60.4 Å². The predicted molar refractivity (Wildman–Crippen MR) is 124 cm³/mol. The third kappa shape index (κ3) is 4.00. The number of aromatic nitrogens is 4. The van der Waals surface area contributed by atoms with Gasteiger partial charge in [-0.3, -0.25) is 9.78 Å². The van der Waals surface area contributed by atoms with Crippen LogP contribution in [0.15, 0.2) is 53.4 Å². The minimum Gasteiger partial charge on any atom is -0.375 e. The number of carbonyl (C=O) groups excluding carboxylic acids is 1. The first-order valence-corrected chi connectivity index (χ1v) is 12.2. The molecule has 0 N–H and O–H groups in total. The van der Waals surface area contributed by atoms with Crippen LogP contribution in [0.3, 0.4) is 0 Å². The molecule has 2 saturated heterocycles. The van der Waals surface area contributed by atoms with Crippen LogP contribution in [0.25, 0.3) is 11.5 Å². The molecule has 6 rings (SSSR count). The fourth-order valence-corrected chi connectivity index (χ4v) is 5.68. The zero-order chi connectivity index (χ0) is 23.0. The highest BCUT2D eigenvalue weighted by atomic mass is 16.5. The predicted octanol–water partition coefficient (Wildman–Crippen LogP) is 3.59. The van der Waals surface area contributed by atoms with Gasteiger partial charge in [-0.2, -0.15) is 4.98 Å². The lowest BCUT2D eigenvalue weighted by atomic mass is 9.78. The lowest BCUT2D eigenvalue weighted by molar-refractivity contribution is -0.149. The zero-order valence-corrected chi connectivity index (χ0v) is 19.2. The van der Waals surface area contributed by atoms with E-state index >= 15 is 0 Å². The van der Waals surface area contributed by atoms with E-state index in [1.807, 2.05) is 18.2 Å². The number of hydrogen-bond acceptors (Lipinski definition) is 7. The van der Waals surface area contributed by atoms with Crippen LogP contribution in [0, 0.1) is 5.92 Å². The van der Waals surface area contributed by atoms with Crippen LogP contribution in [-0.2, 0) is 21.4 Å². The number of ether oxygens (including phenoxy) is 1. The number of nitrogens with zero attached hydrogens (tertiary/aromatic N) is 5. The van der Waals surface area contributed by atoms with E-state index in [1.165, 1.54) is 0 Å². The standard InChI is InChI=1S/C26H29N5O3/c32-24(26(7-8-26)20-4-2-1-3-5-20)31-13-9-25(10-14-31)17-19(6-15-33-25)16-22-29-23(30-34-22)21-18-27-11-12-28-21/h1-5,11-12,18-19H,6-10,13-17H2. The van der Waals surface area contributed by atoms with E-state index in [4.69, 9.17) is 9.26 Å². The van der Waals surface area contributed by atoms with Gasteiger partial charge in [0.2, 0.25) is 17.6 Å². The molecule has 176 valence electrons. The second-order valence-electron chi connectivity index (χ2n) is 9.94. The molecule has 0 radical (unpaired) electrons. The molecule has 8 nitrogen and oxygen atoms in total. The Kier molecular flexibility index (Phi) is 5.40. The van der Waals surface area contributed by atoms with Crippen molar-refractivity contribution in [1.29, 1.82) is 0 Å². The van der Waals surface area contributed by atoms with Gasteiger partial charge >= 0.3 is 0 Å². The fourth-order valence-electron chi connectivity index (χ4n) is 5.68. The van der Waals surface area contributed by atoms with E-state index < -0.39 is 0 Å². The van der Waals surface area contributed by atoms with E-state index in [0.29, 0.717) is 29.2 Å². The van der Waals surface area contributed by atoms with Gasteiger partial charge in [-0.15, -0.1) is 0 Å². The molecule has 2 aromatic heterocycles. The Bertz CT molecular complexity index is 1140. The largest absolute Gasteiger partial charge is 0.375 e. The molecule has 1 spiro atoms. The molecule has 4 heterocycles. The highest BCUT2D eigenvalue weighted by Crippen LogP contribution is 2.50. The highest BCUT2D eigenvalue weighted by molar-refractivity contribution is 5.91. The van der Waals surface area contributed by atoms with Gasteiger partial charge < -0.3 is 14.2 Å². The molecule has 3 aromatic rings. The Labute approximate surface area is 198 Å². The van der Waals surface area contributed by atoms with Gasteiger partial charge in [0, 0.05) is 38.5 Å². The molecule has 1 unspecified atom stereocenters. The summed E-state index contributed by atoms with van der Waals surface area (Å²) in [5, 5.41) is 4.08. The van der Waals surface area contributed by atoms with Gasteiger partial charge in [0.05, 0.1) is 17.2 Å². The molecule has 0 bridgehead atoms. The van der Waals surface area contributed by atoms with Crippen LogP contribution in [0.1, 0.15) is 50.0 Å². The van der Waals surface area contributed by atoms with Crippen LogP contribution in [-0.4, -0.2) is 56.2 Å². The third-order valence-electron chi connectivity index (χ3n) is 7.77. The molecule has 1 aromatic carbocycles. The van der Waals surface area contributed by atoms with E-state index in [9.17, 15) is 4.79 Å². The summed E-state index contributed by atoms with van der Waals surface area (Å²) in [6, 6.07) is 10.3. The van der Waals surface area contributed by atoms with Gasteiger partial charge in [0.25, 0.3) is 0 Å². The Hall–Kier alpha value is -3.13. The minimum absolute atomic E-state index is 0.156. The zero-order valence-electron chi connectivity index (χ0n) is 19.2. The lowest BCUT2D eigenvalue weighted by Crippen LogP contribution is -2.52. The van der Waals surface area contributed by atoms with Crippen molar-refractivity contribution in [1.82, 2.24) is 25.0 Å². The molecular formula is C26H29N5O3. The second-order valence-corrected chi connectivity index (χ2v) is 9.94. The number of rotatable bonds is 5. The number of carbonyl (C=O) groups is 1. The Morgan fingerprint density at radius 2 is 1.91 bits per heavy atom. The molecular weight excluding hydrogens is 430 g/mol. The second kappa shape index (κ2) is 8.58. The summed E-state index contributed by atoms with van der Waals surface area (Å²) in [5.41, 5.74) is 1.33. The van der Waals surface area contributed by atoms with Gasteiger partial charge in [-0.1, -0.05) is 35.5 Å². The summed E-state index contributed by atoms with van der Waals surface area (Å²) in [6.45, 7) is 2.26. The highest BCUT2D eigenvalue weighted by Gasteiger charge is 2.54. The number of amides is 1. The first kappa shape index (κ1) is 21.4. The maximum atomic E-state index is 13.4. The molecule has 1 aliphatic carbocycles. The summed E-state index contributed by atoms with van der Waals surface area (Å²) in [5.74, 6) is 1.83. The van der Waals surface area contributed by atoms with Gasteiger partial charge in [-0.25, -0.2) is 4.98 Å². The first-order chi connectivity index (χ1) is 16.7. The SMILES string of the molecule is O=C(N1CCC2(CC1)CC(Cc1nc(-c3cnccn3)no1)CCO2)C1(c2ccccc2)CC1. The topological polar surface area (TPSA) is 94.2 Å². The summed E-state index contributed by atoms with van der Waals surface area (Å²) < 4.78 is 11.8. The quantitative estimate of drug-likeness (QED) is 0.575. The van der Waals surface area contributed by atoms with Crippen LogP contribution in [0.4, 0.5) is 0 Å². The summed E-state index contributed by atoms with van der Waals surface area (Å²) in [4.78, 5) is 28.3. The molecule has 3 aliphatic rings. The lowest BCUT2D eigenvalue weighted by Gasteiger charge is -2.46. The van der Waals surface area contributed by atoms with Crippen molar-refractivity contribution >= 4 is 5.91 Å². The summed E-state index contributed by atoms with van der Waals surface area (Å²) in [6.07, 6.45) is 11.2. The Morgan fingerprint density at radius 3 is 2.65 bits per heavy atom. The minimum atomic E-state index is -0.291. The number of piperidine rings is 1. The molecule has 34 heavy (non-hydrogen) atoms. The third-order valence-corrected chi connectivity index (χ3v) is 7.77. The monoisotopic (exact) mass is 459 g/mol. The van der Waals surface area contributed by atoms with Crippen molar-refractivity contribution in [3.63, 3.8) is 0 Å². The Morgan fingerprint density at radius 1 is 1.09 bits per heavy atom. The van der Waals surface area contributed by atoms with E-state index in [2.05, 4.69) is 37.1 Å². The van der Waals surface area contributed by atoms with E-state index in [0.717, 1.165) is 70.2 Å². The van der Waals surface area contributed by atoms with Crippen LogP contribution in [0.2, 0.25) is 0 Å². The van der Waals surface area contributed by atoms with Crippen molar-refractivity contribution in [2.45, 2.75) is 56.0 Å². The molecule has 1 amide bonds. The summed E-state index contributed by atoms with van der Waals surface area (Å²) in [7, 11) is 0. The maximum Gasteiger partial charge on any atom is 0.233 e. The average Bonchev–Trinajstić information content (AvgIpc) is 3.58. The summed E-state index contributed by atoms with van der Waals surface area (Å²) >= 11 is 0. The first-order valence-electron chi connectivity index (χ1n) is 12.2. The van der Waals surface area contributed by atoms with Gasteiger partial charge in [0.15, 0.2) is 0 Å². The van der Waals surface area contributed by atoms with Crippen molar-refractivity contribution in [2.24, 2.45) is 5.92 Å². The fraction of sp³-hybridized carbons (Fsp3) is 0.500. The van der Waals surface area contributed by atoms with E-state index in [-0.39, 0.29) is 11.0 Å². The van der Waals surface area contributed by atoms with Crippen LogP contribution >= 0.6 is 0 Å². The Balaban J connectivity index is 1.07. The smallest absolute Gasteiger partial charge is 0.233 e. The average molecular weight is 460 g/mol. The van der Waals surface area contributed by atoms with Crippen LogP contribution in [0.5, 0.6) is 0 Å². The number of likely N-dealkylation sites (tertiary alicyclic amines) is 1. The van der Waals surface area contributed by atoms with Crippen molar-refractivity contribution in [2.75, 3.05) is 19.7 Å².